The van der Waals surface area contributed by atoms with Gasteiger partial charge in [-0.3, -0.25) is 0 Å². The van der Waals surface area contributed by atoms with E-state index in [2.05, 4.69) is 34.6 Å². The number of hydrogen-bond acceptors (Lipinski definition) is 4. The van der Waals surface area contributed by atoms with Crippen LogP contribution in [0.2, 0.25) is 0 Å². The van der Waals surface area contributed by atoms with Crippen LogP contribution in [0.1, 0.15) is 24.8 Å². The number of amides is 2. The Balaban J connectivity index is 1.37. The first kappa shape index (κ1) is 21.9. The molecule has 3 aromatic carbocycles. The minimum atomic E-state index is -1.01. The fourth-order valence-corrected chi connectivity index (χ4v) is 4.26. The molecule has 2 amide bonds. The maximum absolute atomic E-state index is 13.5. The van der Waals surface area contributed by atoms with E-state index in [1.54, 1.807) is 4.90 Å². The Kier molecular flexibility index (Phi) is 5.65. The molecule has 34 heavy (non-hydrogen) atoms. The van der Waals surface area contributed by atoms with Crippen molar-refractivity contribution in [1.82, 2.24) is 9.88 Å². The van der Waals surface area contributed by atoms with Crippen molar-refractivity contribution < 1.29 is 18.0 Å². The number of benzene rings is 3. The molecule has 1 fully saturated rings. The van der Waals surface area contributed by atoms with E-state index in [9.17, 15) is 13.6 Å². The van der Waals surface area contributed by atoms with Gasteiger partial charge in [0, 0.05) is 38.1 Å². The second kappa shape index (κ2) is 8.78. The van der Waals surface area contributed by atoms with Gasteiger partial charge in [0.2, 0.25) is 5.89 Å². The van der Waals surface area contributed by atoms with E-state index >= 15 is 0 Å². The van der Waals surface area contributed by atoms with Crippen LogP contribution >= 0.6 is 0 Å². The van der Waals surface area contributed by atoms with Gasteiger partial charge in [-0.25, -0.2) is 18.6 Å². The molecule has 0 spiro atoms. The first-order valence-corrected chi connectivity index (χ1v) is 11.1. The lowest BCUT2D eigenvalue weighted by Gasteiger charge is -2.22. The van der Waals surface area contributed by atoms with E-state index in [0.29, 0.717) is 24.4 Å². The molecule has 1 unspecified atom stereocenters. The summed E-state index contributed by atoms with van der Waals surface area (Å²) in [6.45, 7) is 0.516. The lowest BCUT2D eigenvalue weighted by Crippen LogP contribution is -2.34. The molecule has 1 aliphatic heterocycles. The zero-order chi connectivity index (χ0) is 23.8. The Hall–Kier alpha value is -3.94. The number of likely N-dealkylation sites (tertiary alicyclic amines) is 1. The largest absolute Gasteiger partial charge is 0.438 e. The average Bonchev–Trinajstić information content (AvgIpc) is 3.48. The highest BCUT2D eigenvalue weighted by molar-refractivity contribution is 5.90. The van der Waals surface area contributed by atoms with Gasteiger partial charge < -0.3 is 19.5 Å². The normalized spacial score (nSPS) is 15.6. The van der Waals surface area contributed by atoms with Gasteiger partial charge >= 0.3 is 6.03 Å². The smallest absolute Gasteiger partial charge is 0.322 e. The number of halogens is 2. The zero-order valence-electron chi connectivity index (χ0n) is 18.9. The second-order valence-corrected chi connectivity index (χ2v) is 8.59. The molecule has 8 heteroatoms. The average molecular weight is 463 g/mol. The lowest BCUT2D eigenvalue weighted by atomic mass is 10.0. The molecule has 174 valence electrons. The Morgan fingerprint density at radius 1 is 1.03 bits per heavy atom. The number of hydrogen-bond donors (Lipinski definition) is 1. The highest BCUT2D eigenvalue weighted by Gasteiger charge is 2.33. The summed E-state index contributed by atoms with van der Waals surface area (Å²) in [5.74, 6) is -1.51. The van der Waals surface area contributed by atoms with Gasteiger partial charge in [0.25, 0.3) is 0 Å². The van der Waals surface area contributed by atoms with Gasteiger partial charge in [0.15, 0.2) is 17.2 Å². The molecular weight excluding hydrogens is 438 g/mol. The highest BCUT2D eigenvalue weighted by atomic mass is 19.2. The number of rotatable bonds is 4. The third-order valence-corrected chi connectivity index (χ3v) is 6.09. The van der Waals surface area contributed by atoms with E-state index in [1.165, 1.54) is 6.07 Å². The van der Waals surface area contributed by atoms with Crippen molar-refractivity contribution in [2.75, 3.05) is 30.9 Å². The first-order valence-electron chi connectivity index (χ1n) is 11.1. The van der Waals surface area contributed by atoms with Crippen molar-refractivity contribution >= 4 is 28.5 Å². The Bertz CT molecular complexity index is 1350. The number of anilines is 2. The molecular formula is C26H24F2N4O2. The van der Waals surface area contributed by atoms with Crippen molar-refractivity contribution in [2.45, 2.75) is 18.9 Å². The standard InChI is InChI=1S/C26H24F2N4O2/c1-31(2)19-9-5-16(6-10-19)17-7-12-24-22(14-17)30-25(34-24)23-4-3-13-32(23)26(33)29-18-8-11-20(27)21(28)15-18/h5-12,14-15,23H,3-4,13H2,1-2H3,(H,29,33). The van der Waals surface area contributed by atoms with Crippen LogP contribution in [0.3, 0.4) is 0 Å². The van der Waals surface area contributed by atoms with Gasteiger partial charge in [-0.2, -0.15) is 0 Å². The van der Waals surface area contributed by atoms with E-state index < -0.39 is 17.7 Å². The summed E-state index contributed by atoms with van der Waals surface area (Å²) in [5.41, 5.74) is 4.78. The van der Waals surface area contributed by atoms with Crippen LogP contribution in [0.5, 0.6) is 0 Å². The fraction of sp³-hybridized carbons (Fsp3) is 0.231. The number of aromatic nitrogens is 1. The summed E-state index contributed by atoms with van der Waals surface area (Å²) < 4.78 is 32.7. The molecule has 0 radical (unpaired) electrons. The number of nitrogens with zero attached hydrogens (tertiary/aromatic N) is 3. The summed E-state index contributed by atoms with van der Waals surface area (Å²) in [6, 6.07) is 16.7. The number of fused-ring (bicyclic) bond motifs is 1. The van der Waals surface area contributed by atoms with E-state index in [0.717, 1.165) is 40.9 Å². The lowest BCUT2D eigenvalue weighted by molar-refractivity contribution is 0.199. The predicted molar refractivity (Wildman–Crippen MR) is 128 cm³/mol. The highest BCUT2D eigenvalue weighted by Crippen LogP contribution is 2.35. The first-order chi connectivity index (χ1) is 16.4. The number of urea groups is 1. The Morgan fingerprint density at radius 3 is 2.53 bits per heavy atom. The van der Waals surface area contributed by atoms with Crippen molar-refractivity contribution in [2.24, 2.45) is 0 Å². The quantitative estimate of drug-likeness (QED) is 0.392. The SMILES string of the molecule is CN(C)c1ccc(-c2ccc3oc(C4CCCN4C(=O)Nc4ccc(F)c(F)c4)nc3c2)cc1. The minimum absolute atomic E-state index is 0.192. The van der Waals surface area contributed by atoms with Gasteiger partial charge in [-0.05, 0) is 60.4 Å². The van der Waals surface area contributed by atoms with Gasteiger partial charge in [-0.15, -0.1) is 0 Å². The molecule has 1 atom stereocenters. The number of carbonyl (C=O) groups excluding carboxylic acids is 1. The van der Waals surface area contributed by atoms with Crippen LogP contribution in [0.25, 0.3) is 22.2 Å². The van der Waals surface area contributed by atoms with Crippen LogP contribution in [0.15, 0.2) is 65.1 Å². The summed E-state index contributed by atoms with van der Waals surface area (Å²) in [4.78, 5) is 21.2. The third kappa shape index (κ3) is 4.19. The van der Waals surface area contributed by atoms with E-state index in [1.807, 2.05) is 37.2 Å². The zero-order valence-corrected chi connectivity index (χ0v) is 18.9. The molecule has 1 saturated heterocycles. The van der Waals surface area contributed by atoms with Gasteiger partial charge in [-0.1, -0.05) is 18.2 Å². The number of carbonyl (C=O) groups is 1. The molecule has 0 aliphatic carbocycles. The fourth-order valence-electron chi connectivity index (χ4n) is 4.26. The van der Waals surface area contributed by atoms with Crippen molar-refractivity contribution in [1.29, 1.82) is 0 Å². The van der Waals surface area contributed by atoms with Gasteiger partial charge in [0.05, 0.1) is 0 Å². The molecule has 0 saturated carbocycles. The predicted octanol–water partition coefficient (Wildman–Crippen LogP) is 6.21. The summed E-state index contributed by atoms with van der Waals surface area (Å²) >= 11 is 0. The Labute approximate surface area is 195 Å². The van der Waals surface area contributed by atoms with Gasteiger partial charge in [0.1, 0.15) is 11.6 Å². The van der Waals surface area contributed by atoms with Crippen molar-refractivity contribution in [3.05, 3.63) is 78.2 Å². The second-order valence-electron chi connectivity index (χ2n) is 8.59. The van der Waals surface area contributed by atoms with Crippen molar-refractivity contribution in [3.8, 4) is 11.1 Å². The monoisotopic (exact) mass is 462 g/mol. The van der Waals surface area contributed by atoms with Crippen LogP contribution in [-0.4, -0.2) is 36.6 Å². The van der Waals surface area contributed by atoms with Crippen LogP contribution in [-0.2, 0) is 0 Å². The molecule has 0 bridgehead atoms. The van der Waals surface area contributed by atoms with E-state index in [-0.39, 0.29) is 11.7 Å². The number of oxazole rings is 1. The van der Waals surface area contributed by atoms with Crippen LogP contribution < -0.4 is 10.2 Å². The van der Waals surface area contributed by atoms with E-state index in [4.69, 9.17) is 4.42 Å². The number of nitrogens with one attached hydrogen (secondary N) is 1. The van der Waals surface area contributed by atoms with Crippen molar-refractivity contribution in [3.63, 3.8) is 0 Å². The Morgan fingerprint density at radius 2 is 1.79 bits per heavy atom. The topological polar surface area (TPSA) is 61.6 Å². The van der Waals surface area contributed by atoms with Crippen LogP contribution in [0, 0.1) is 11.6 Å². The maximum Gasteiger partial charge on any atom is 0.322 e. The maximum atomic E-state index is 13.5. The minimum Gasteiger partial charge on any atom is -0.438 e. The summed E-state index contributed by atoms with van der Waals surface area (Å²) in [7, 11) is 4.00. The molecule has 2 heterocycles. The van der Waals surface area contributed by atoms with Crippen LogP contribution in [0.4, 0.5) is 25.0 Å². The summed E-state index contributed by atoms with van der Waals surface area (Å²) in [5, 5.41) is 2.64. The molecule has 5 rings (SSSR count). The molecule has 4 aromatic rings. The third-order valence-electron chi connectivity index (χ3n) is 6.09. The molecule has 1 aliphatic rings. The molecule has 1 N–H and O–H groups in total. The summed E-state index contributed by atoms with van der Waals surface area (Å²) in [6.07, 6.45) is 1.49. The molecule has 1 aromatic heterocycles. The molecule has 6 nitrogen and oxygen atoms in total.